The van der Waals surface area contributed by atoms with E-state index in [0.29, 0.717) is 21.3 Å². The minimum absolute atomic E-state index is 0.0634. The van der Waals surface area contributed by atoms with E-state index in [4.69, 9.17) is 4.74 Å². The van der Waals surface area contributed by atoms with Crippen molar-refractivity contribution in [3.8, 4) is 16.3 Å². The van der Waals surface area contributed by atoms with E-state index < -0.39 is 6.10 Å². The summed E-state index contributed by atoms with van der Waals surface area (Å²) in [4.78, 5) is 17.3. The molecule has 3 rings (SSSR count). The van der Waals surface area contributed by atoms with Crippen molar-refractivity contribution >= 4 is 17.2 Å². The monoisotopic (exact) mass is 400 g/mol. The first-order valence-corrected chi connectivity index (χ1v) is 9.63. The first kappa shape index (κ1) is 20.0. The standard InChI is InChI=1S/C21H21FN2O3S/c1-13-4-3-5-18(10-13)27-12-17(25)11-23-20(26)19-14(2)24-21(28-19)15-6-8-16(22)9-7-15/h3-10,17,25H,11-12H2,1-2H3,(H,23,26). The van der Waals surface area contributed by atoms with Crippen molar-refractivity contribution in [1.29, 1.82) is 0 Å². The Labute approximate surface area is 166 Å². The molecule has 28 heavy (non-hydrogen) atoms. The van der Waals surface area contributed by atoms with Crippen LogP contribution in [0.25, 0.3) is 10.6 Å². The number of hydrogen-bond donors (Lipinski definition) is 2. The van der Waals surface area contributed by atoms with Crippen LogP contribution in [0, 0.1) is 19.7 Å². The number of halogens is 1. The van der Waals surface area contributed by atoms with E-state index >= 15 is 0 Å². The second-order valence-corrected chi connectivity index (χ2v) is 7.43. The number of benzene rings is 2. The summed E-state index contributed by atoms with van der Waals surface area (Å²) in [6, 6.07) is 13.5. The van der Waals surface area contributed by atoms with E-state index in [0.717, 1.165) is 11.1 Å². The van der Waals surface area contributed by atoms with Crippen LogP contribution in [0.2, 0.25) is 0 Å². The first-order valence-electron chi connectivity index (χ1n) is 8.81. The normalized spacial score (nSPS) is 11.9. The van der Waals surface area contributed by atoms with Crippen molar-refractivity contribution in [2.45, 2.75) is 20.0 Å². The number of ether oxygens (including phenoxy) is 1. The van der Waals surface area contributed by atoms with Gasteiger partial charge in [-0.25, -0.2) is 9.37 Å². The van der Waals surface area contributed by atoms with Gasteiger partial charge in [0.25, 0.3) is 5.91 Å². The summed E-state index contributed by atoms with van der Waals surface area (Å²) in [5, 5.41) is 13.4. The molecule has 0 spiro atoms. The van der Waals surface area contributed by atoms with Gasteiger partial charge in [0.15, 0.2) is 0 Å². The van der Waals surface area contributed by atoms with Crippen LogP contribution in [0.15, 0.2) is 48.5 Å². The molecule has 7 heteroatoms. The van der Waals surface area contributed by atoms with Gasteiger partial charge in [0.05, 0.1) is 5.69 Å². The lowest BCUT2D eigenvalue weighted by Crippen LogP contribution is -2.35. The number of aliphatic hydroxyl groups is 1. The van der Waals surface area contributed by atoms with Crippen LogP contribution >= 0.6 is 11.3 Å². The van der Waals surface area contributed by atoms with Crippen LogP contribution in [-0.2, 0) is 0 Å². The highest BCUT2D eigenvalue weighted by atomic mass is 32.1. The number of amides is 1. The van der Waals surface area contributed by atoms with Crippen LogP contribution in [0.5, 0.6) is 5.75 Å². The summed E-state index contributed by atoms with van der Waals surface area (Å²) < 4.78 is 18.6. The zero-order valence-electron chi connectivity index (χ0n) is 15.6. The summed E-state index contributed by atoms with van der Waals surface area (Å²) in [6.45, 7) is 3.84. The van der Waals surface area contributed by atoms with E-state index in [2.05, 4.69) is 10.3 Å². The average molecular weight is 400 g/mol. The number of aryl methyl sites for hydroxylation is 2. The van der Waals surface area contributed by atoms with E-state index in [1.165, 1.54) is 23.5 Å². The molecule has 0 saturated carbocycles. The third-order valence-electron chi connectivity index (χ3n) is 4.02. The molecule has 2 aromatic carbocycles. The highest BCUT2D eigenvalue weighted by Gasteiger charge is 2.17. The predicted molar refractivity (Wildman–Crippen MR) is 107 cm³/mol. The van der Waals surface area contributed by atoms with Crippen LogP contribution in [0.3, 0.4) is 0 Å². The van der Waals surface area contributed by atoms with Crippen molar-refractivity contribution in [1.82, 2.24) is 10.3 Å². The van der Waals surface area contributed by atoms with Crippen LogP contribution in [0.4, 0.5) is 4.39 Å². The van der Waals surface area contributed by atoms with Crippen molar-refractivity contribution in [3.63, 3.8) is 0 Å². The molecule has 2 N–H and O–H groups in total. The Morgan fingerprint density at radius 3 is 2.71 bits per heavy atom. The maximum absolute atomic E-state index is 13.1. The maximum Gasteiger partial charge on any atom is 0.263 e. The largest absolute Gasteiger partial charge is 0.491 e. The molecule has 0 saturated heterocycles. The number of aliphatic hydroxyl groups excluding tert-OH is 1. The molecule has 1 heterocycles. The molecule has 0 fully saturated rings. The van der Waals surface area contributed by atoms with Gasteiger partial charge in [-0.05, 0) is 55.8 Å². The number of hydrogen-bond acceptors (Lipinski definition) is 5. The van der Waals surface area contributed by atoms with Gasteiger partial charge in [-0.2, -0.15) is 0 Å². The van der Waals surface area contributed by atoms with E-state index in [-0.39, 0.29) is 24.9 Å². The summed E-state index contributed by atoms with van der Waals surface area (Å²) in [6.07, 6.45) is -0.839. The van der Waals surface area contributed by atoms with Crippen LogP contribution in [-0.4, -0.2) is 35.3 Å². The predicted octanol–water partition coefficient (Wildman–Crippen LogP) is 3.74. The number of aromatic nitrogens is 1. The van der Waals surface area contributed by atoms with E-state index in [1.807, 2.05) is 31.2 Å². The Morgan fingerprint density at radius 1 is 1.25 bits per heavy atom. The highest BCUT2D eigenvalue weighted by Crippen LogP contribution is 2.28. The maximum atomic E-state index is 13.1. The molecule has 1 amide bonds. The number of nitrogens with one attached hydrogen (secondary N) is 1. The Morgan fingerprint density at radius 2 is 2.00 bits per heavy atom. The molecule has 3 aromatic rings. The molecule has 0 aliphatic rings. The molecule has 1 aromatic heterocycles. The summed E-state index contributed by atoms with van der Waals surface area (Å²) >= 11 is 1.23. The quantitative estimate of drug-likeness (QED) is 0.634. The smallest absolute Gasteiger partial charge is 0.263 e. The molecular weight excluding hydrogens is 379 g/mol. The molecular formula is C21H21FN2O3S. The van der Waals surface area contributed by atoms with Gasteiger partial charge in [-0.3, -0.25) is 4.79 Å². The summed E-state index contributed by atoms with van der Waals surface area (Å²) in [7, 11) is 0. The molecule has 1 unspecified atom stereocenters. The molecule has 1 atom stereocenters. The SMILES string of the molecule is Cc1cccc(OCC(O)CNC(=O)c2sc(-c3ccc(F)cc3)nc2C)c1. The van der Waals surface area contributed by atoms with Gasteiger partial charge < -0.3 is 15.2 Å². The van der Waals surface area contributed by atoms with Gasteiger partial charge in [0.2, 0.25) is 0 Å². The van der Waals surface area contributed by atoms with Gasteiger partial charge in [0.1, 0.15) is 34.2 Å². The number of thiazole rings is 1. The first-order chi connectivity index (χ1) is 13.4. The van der Waals surface area contributed by atoms with Crippen molar-refractivity contribution in [3.05, 3.63) is 70.5 Å². The lowest BCUT2D eigenvalue weighted by Gasteiger charge is -2.13. The Kier molecular flexibility index (Phi) is 6.38. The minimum Gasteiger partial charge on any atom is -0.491 e. The summed E-state index contributed by atoms with van der Waals surface area (Å²) in [5.74, 6) is 0.0439. The molecule has 0 radical (unpaired) electrons. The molecule has 5 nitrogen and oxygen atoms in total. The Balaban J connectivity index is 1.55. The fourth-order valence-electron chi connectivity index (χ4n) is 2.57. The van der Waals surface area contributed by atoms with Crippen LogP contribution in [0.1, 0.15) is 20.9 Å². The van der Waals surface area contributed by atoms with Gasteiger partial charge >= 0.3 is 0 Å². The second-order valence-electron chi connectivity index (χ2n) is 6.43. The molecule has 0 bridgehead atoms. The van der Waals surface area contributed by atoms with Gasteiger partial charge in [-0.1, -0.05) is 12.1 Å². The Hall–Kier alpha value is -2.77. The number of rotatable bonds is 7. The molecule has 0 aliphatic carbocycles. The third-order valence-corrected chi connectivity index (χ3v) is 5.23. The number of carbonyl (C=O) groups is 1. The lowest BCUT2D eigenvalue weighted by atomic mass is 10.2. The van der Waals surface area contributed by atoms with Crippen molar-refractivity contribution in [2.24, 2.45) is 0 Å². The minimum atomic E-state index is -0.839. The Bertz CT molecular complexity index is 957. The fraction of sp³-hybridized carbons (Fsp3) is 0.238. The van der Waals surface area contributed by atoms with E-state index in [1.54, 1.807) is 19.1 Å². The molecule has 0 aliphatic heterocycles. The second kappa shape index (κ2) is 8.95. The van der Waals surface area contributed by atoms with E-state index in [9.17, 15) is 14.3 Å². The van der Waals surface area contributed by atoms with Crippen LogP contribution < -0.4 is 10.1 Å². The number of carbonyl (C=O) groups excluding carboxylic acids is 1. The van der Waals surface area contributed by atoms with Crippen molar-refractivity contribution in [2.75, 3.05) is 13.2 Å². The zero-order chi connectivity index (χ0) is 20.1. The van der Waals surface area contributed by atoms with Gasteiger partial charge in [-0.15, -0.1) is 11.3 Å². The lowest BCUT2D eigenvalue weighted by molar-refractivity contribution is 0.0846. The fourth-order valence-corrected chi connectivity index (χ4v) is 3.56. The number of nitrogens with zero attached hydrogens (tertiary/aromatic N) is 1. The highest BCUT2D eigenvalue weighted by molar-refractivity contribution is 7.17. The third kappa shape index (κ3) is 5.15. The van der Waals surface area contributed by atoms with Crippen molar-refractivity contribution < 1.29 is 19.0 Å². The topological polar surface area (TPSA) is 71.5 Å². The summed E-state index contributed by atoms with van der Waals surface area (Å²) in [5.41, 5.74) is 2.41. The molecule has 146 valence electrons. The zero-order valence-corrected chi connectivity index (χ0v) is 16.4. The average Bonchev–Trinajstić information content (AvgIpc) is 3.07. The van der Waals surface area contributed by atoms with Gasteiger partial charge in [0, 0.05) is 12.1 Å².